The number of benzene rings is 1. The summed E-state index contributed by atoms with van der Waals surface area (Å²) in [5.41, 5.74) is 1.47. The van der Waals surface area contributed by atoms with E-state index in [9.17, 15) is 0 Å². The SMILES string of the molecule is CCNC(=NCc1ccccc1OCCN(CC)CC)N1CCC2(CCOC2)C1.I. The highest BCUT2D eigenvalue weighted by Crippen LogP contribution is 2.38. The predicted octanol–water partition coefficient (Wildman–Crippen LogP) is 3.60. The Balaban J connectivity index is 0.00000320. The minimum Gasteiger partial charge on any atom is -0.492 e. The van der Waals surface area contributed by atoms with Crippen LogP contribution in [0.2, 0.25) is 0 Å². The number of nitrogens with one attached hydrogen (secondary N) is 1. The van der Waals surface area contributed by atoms with Crippen molar-refractivity contribution in [2.75, 3.05) is 59.1 Å². The molecule has 2 fully saturated rings. The number of hydrogen-bond acceptors (Lipinski definition) is 4. The third kappa shape index (κ3) is 6.72. The van der Waals surface area contributed by atoms with Crippen molar-refractivity contribution in [3.05, 3.63) is 29.8 Å². The number of rotatable bonds is 9. The van der Waals surface area contributed by atoms with Crippen LogP contribution in [-0.4, -0.2) is 74.8 Å². The summed E-state index contributed by atoms with van der Waals surface area (Å²) in [5.74, 6) is 1.95. The molecule has 170 valence electrons. The fraction of sp³-hybridized carbons (Fsp3) is 0.696. The molecule has 0 aromatic heterocycles. The lowest BCUT2D eigenvalue weighted by atomic mass is 9.87. The number of likely N-dealkylation sites (N-methyl/N-ethyl adjacent to an activating group) is 1. The normalized spacial score (nSPS) is 21.3. The second-order valence-electron chi connectivity index (χ2n) is 8.13. The zero-order valence-electron chi connectivity index (χ0n) is 18.9. The molecule has 2 saturated heterocycles. The number of guanidine groups is 1. The van der Waals surface area contributed by atoms with Crippen LogP contribution in [0.4, 0.5) is 0 Å². The molecule has 0 radical (unpaired) electrons. The maximum atomic E-state index is 6.10. The number of ether oxygens (including phenoxy) is 2. The van der Waals surface area contributed by atoms with Crippen LogP contribution in [0.5, 0.6) is 5.75 Å². The maximum absolute atomic E-state index is 6.10. The van der Waals surface area contributed by atoms with E-state index >= 15 is 0 Å². The van der Waals surface area contributed by atoms with Gasteiger partial charge in [0.05, 0.1) is 13.2 Å². The fourth-order valence-corrected chi connectivity index (χ4v) is 4.27. The fourth-order valence-electron chi connectivity index (χ4n) is 4.27. The number of nitrogens with zero attached hydrogens (tertiary/aromatic N) is 3. The first-order chi connectivity index (χ1) is 14.2. The third-order valence-corrected chi connectivity index (χ3v) is 6.19. The Hall–Kier alpha value is -1.06. The van der Waals surface area contributed by atoms with E-state index in [0.29, 0.717) is 18.6 Å². The van der Waals surface area contributed by atoms with Gasteiger partial charge in [-0.25, -0.2) is 4.99 Å². The van der Waals surface area contributed by atoms with Gasteiger partial charge in [0.2, 0.25) is 0 Å². The second-order valence-corrected chi connectivity index (χ2v) is 8.13. The molecule has 3 rings (SSSR count). The molecule has 1 atom stereocenters. The summed E-state index contributed by atoms with van der Waals surface area (Å²) >= 11 is 0. The summed E-state index contributed by atoms with van der Waals surface area (Å²) in [4.78, 5) is 9.74. The number of para-hydroxylation sites is 1. The molecule has 2 aliphatic heterocycles. The number of aliphatic imine (C=N–C) groups is 1. The number of hydrogen-bond donors (Lipinski definition) is 1. The van der Waals surface area contributed by atoms with Gasteiger partial charge in [0.1, 0.15) is 12.4 Å². The van der Waals surface area contributed by atoms with E-state index in [4.69, 9.17) is 14.5 Å². The summed E-state index contributed by atoms with van der Waals surface area (Å²) in [6.07, 6.45) is 2.37. The molecular weight excluding hydrogens is 491 g/mol. The molecule has 1 aromatic carbocycles. The average Bonchev–Trinajstić information content (AvgIpc) is 3.39. The quantitative estimate of drug-likeness (QED) is 0.301. The van der Waals surface area contributed by atoms with Crippen LogP contribution < -0.4 is 10.1 Å². The van der Waals surface area contributed by atoms with Crippen LogP contribution in [0.15, 0.2) is 29.3 Å². The Morgan fingerprint density at radius 1 is 1.23 bits per heavy atom. The van der Waals surface area contributed by atoms with Gasteiger partial charge in [-0.3, -0.25) is 0 Å². The Morgan fingerprint density at radius 2 is 2.03 bits per heavy atom. The van der Waals surface area contributed by atoms with E-state index in [1.165, 1.54) is 12.8 Å². The van der Waals surface area contributed by atoms with E-state index < -0.39 is 0 Å². The molecule has 1 aromatic rings. The van der Waals surface area contributed by atoms with Gasteiger partial charge in [-0.05, 0) is 38.9 Å². The number of halogens is 1. The molecule has 1 spiro atoms. The first-order valence-corrected chi connectivity index (χ1v) is 11.2. The Morgan fingerprint density at radius 3 is 2.73 bits per heavy atom. The lowest BCUT2D eigenvalue weighted by Gasteiger charge is -2.25. The molecule has 1 unspecified atom stereocenters. The van der Waals surface area contributed by atoms with Crippen molar-refractivity contribution < 1.29 is 9.47 Å². The van der Waals surface area contributed by atoms with Gasteiger partial charge >= 0.3 is 0 Å². The number of likely N-dealkylation sites (tertiary alicyclic amines) is 1. The van der Waals surface area contributed by atoms with E-state index in [-0.39, 0.29) is 24.0 Å². The maximum Gasteiger partial charge on any atom is 0.194 e. The van der Waals surface area contributed by atoms with Crippen LogP contribution in [0.25, 0.3) is 0 Å². The van der Waals surface area contributed by atoms with Crippen LogP contribution in [0.1, 0.15) is 39.2 Å². The van der Waals surface area contributed by atoms with Crippen molar-refractivity contribution in [1.82, 2.24) is 15.1 Å². The smallest absolute Gasteiger partial charge is 0.194 e. The van der Waals surface area contributed by atoms with Crippen LogP contribution in [0.3, 0.4) is 0 Å². The van der Waals surface area contributed by atoms with Gasteiger partial charge in [0.25, 0.3) is 0 Å². The molecule has 7 heteroatoms. The lowest BCUT2D eigenvalue weighted by Crippen LogP contribution is -2.41. The van der Waals surface area contributed by atoms with Crippen molar-refractivity contribution in [2.45, 2.75) is 40.2 Å². The minimum atomic E-state index is 0. The summed E-state index contributed by atoms with van der Waals surface area (Å²) in [5, 5.41) is 3.48. The largest absolute Gasteiger partial charge is 0.492 e. The monoisotopic (exact) mass is 530 g/mol. The highest BCUT2D eigenvalue weighted by atomic mass is 127. The van der Waals surface area contributed by atoms with Crippen molar-refractivity contribution in [3.8, 4) is 5.75 Å². The third-order valence-electron chi connectivity index (χ3n) is 6.19. The standard InChI is InChI=1S/C23H38N4O2.HI/c1-4-24-22(27-13-11-23(18-27)12-15-28-19-23)25-17-20-9-7-8-10-21(20)29-16-14-26(5-2)6-3;/h7-10H,4-6,11-19H2,1-3H3,(H,24,25);1H. The molecule has 2 aliphatic rings. The van der Waals surface area contributed by atoms with Crippen LogP contribution in [-0.2, 0) is 11.3 Å². The molecular formula is C23H39IN4O2. The zero-order chi connectivity index (χ0) is 20.5. The Kier molecular flexibility index (Phi) is 10.7. The van der Waals surface area contributed by atoms with E-state index in [2.05, 4.69) is 54.1 Å². The second kappa shape index (κ2) is 12.7. The Bertz CT molecular complexity index is 660. The van der Waals surface area contributed by atoms with Gasteiger partial charge < -0.3 is 24.6 Å². The van der Waals surface area contributed by atoms with Crippen molar-refractivity contribution in [3.63, 3.8) is 0 Å². The highest BCUT2D eigenvalue weighted by molar-refractivity contribution is 14.0. The van der Waals surface area contributed by atoms with Gasteiger partial charge in [-0.2, -0.15) is 0 Å². The van der Waals surface area contributed by atoms with Crippen molar-refractivity contribution in [2.24, 2.45) is 10.4 Å². The molecule has 1 N–H and O–H groups in total. The topological polar surface area (TPSA) is 49.3 Å². The first kappa shape index (κ1) is 25.2. The average molecular weight is 530 g/mol. The lowest BCUT2D eigenvalue weighted by molar-refractivity contribution is 0.156. The van der Waals surface area contributed by atoms with Gasteiger partial charge in [0.15, 0.2) is 5.96 Å². The molecule has 2 heterocycles. The molecule has 6 nitrogen and oxygen atoms in total. The van der Waals surface area contributed by atoms with Crippen LogP contribution >= 0.6 is 24.0 Å². The summed E-state index contributed by atoms with van der Waals surface area (Å²) in [7, 11) is 0. The Labute approximate surface area is 199 Å². The van der Waals surface area contributed by atoms with Crippen LogP contribution in [0, 0.1) is 5.41 Å². The summed E-state index contributed by atoms with van der Waals surface area (Å²) in [6.45, 7) is 15.7. The van der Waals surface area contributed by atoms with Gasteiger partial charge in [-0.15, -0.1) is 24.0 Å². The van der Waals surface area contributed by atoms with E-state index in [0.717, 1.165) is 69.8 Å². The van der Waals surface area contributed by atoms with E-state index in [1.54, 1.807) is 0 Å². The molecule has 0 bridgehead atoms. The summed E-state index contributed by atoms with van der Waals surface area (Å²) in [6, 6.07) is 8.28. The first-order valence-electron chi connectivity index (χ1n) is 11.2. The highest BCUT2D eigenvalue weighted by Gasteiger charge is 2.42. The zero-order valence-corrected chi connectivity index (χ0v) is 21.2. The summed E-state index contributed by atoms with van der Waals surface area (Å²) < 4.78 is 11.8. The molecule has 0 amide bonds. The molecule has 0 aliphatic carbocycles. The van der Waals surface area contributed by atoms with E-state index in [1.807, 2.05) is 6.07 Å². The van der Waals surface area contributed by atoms with Gasteiger partial charge in [-0.1, -0.05) is 32.0 Å². The van der Waals surface area contributed by atoms with Gasteiger partial charge in [0, 0.05) is 43.8 Å². The van der Waals surface area contributed by atoms with Crippen molar-refractivity contribution >= 4 is 29.9 Å². The minimum absolute atomic E-state index is 0. The van der Waals surface area contributed by atoms with Crippen molar-refractivity contribution in [1.29, 1.82) is 0 Å². The molecule has 0 saturated carbocycles. The predicted molar refractivity (Wildman–Crippen MR) is 134 cm³/mol. The molecule has 30 heavy (non-hydrogen) atoms.